The number of hydrogen-bond acceptors (Lipinski definition) is 5. The first-order chi connectivity index (χ1) is 14.8. The van der Waals surface area contributed by atoms with Gasteiger partial charge in [-0.2, -0.15) is 0 Å². The number of hydrogen-bond donors (Lipinski definition) is 2. The molecule has 0 spiro atoms. The van der Waals surface area contributed by atoms with Crippen molar-refractivity contribution in [2.45, 2.75) is 6.92 Å². The Kier molecular flexibility index (Phi) is 5.35. The topological polar surface area (TPSA) is 78.5 Å². The van der Waals surface area contributed by atoms with Crippen molar-refractivity contribution in [3.8, 4) is 0 Å². The standard InChI is InChI=1S/C22H15F2N3O3S/c1-12(28)25-13-4-7-15(8-5-13)27-21(29)19(18-3-2-10-31-18)20(22(27)30)26-14-6-9-16(23)17(24)11-14/h2-11,26H,1H3,(H,25,28). The monoisotopic (exact) mass is 439 g/mol. The van der Waals surface area contributed by atoms with Crippen LogP contribution in [0.15, 0.2) is 65.7 Å². The summed E-state index contributed by atoms with van der Waals surface area (Å²) < 4.78 is 26.9. The third-order valence-corrected chi connectivity index (χ3v) is 5.37. The van der Waals surface area contributed by atoms with Gasteiger partial charge in [0.05, 0.1) is 11.3 Å². The van der Waals surface area contributed by atoms with Gasteiger partial charge in [-0.1, -0.05) is 6.07 Å². The molecule has 2 N–H and O–H groups in total. The molecule has 0 atom stereocenters. The van der Waals surface area contributed by atoms with Gasteiger partial charge in [0, 0.05) is 29.2 Å². The van der Waals surface area contributed by atoms with Crippen molar-refractivity contribution in [1.29, 1.82) is 0 Å². The number of halogens is 2. The Balaban J connectivity index is 1.72. The molecule has 0 unspecified atom stereocenters. The zero-order chi connectivity index (χ0) is 22.1. The SMILES string of the molecule is CC(=O)Nc1ccc(N2C(=O)C(Nc3ccc(F)c(F)c3)=C(c3cccs3)C2=O)cc1. The van der Waals surface area contributed by atoms with E-state index in [1.54, 1.807) is 29.6 Å². The van der Waals surface area contributed by atoms with Gasteiger partial charge in [0.25, 0.3) is 11.8 Å². The van der Waals surface area contributed by atoms with Crippen molar-refractivity contribution < 1.29 is 23.2 Å². The second kappa shape index (κ2) is 8.11. The molecule has 6 nitrogen and oxygen atoms in total. The molecule has 0 aliphatic carbocycles. The molecule has 9 heteroatoms. The molecule has 0 saturated carbocycles. The molecular formula is C22H15F2N3O3S. The Morgan fingerprint density at radius 1 is 0.935 bits per heavy atom. The lowest BCUT2D eigenvalue weighted by Crippen LogP contribution is -2.32. The van der Waals surface area contributed by atoms with Crippen molar-refractivity contribution in [3.05, 3.63) is 82.2 Å². The van der Waals surface area contributed by atoms with Crippen LogP contribution < -0.4 is 15.5 Å². The number of carbonyl (C=O) groups excluding carboxylic acids is 3. The summed E-state index contributed by atoms with van der Waals surface area (Å²) >= 11 is 1.27. The molecule has 31 heavy (non-hydrogen) atoms. The van der Waals surface area contributed by atoms with Crippen LogP contribution in [0.2, 0.25) is 0 Å². The van der Waals surface area contributed by atoms with Crippen LogP contribution in [0.25, 0.3) is 5.57 Å². The summed E-state index contributed by atoms with van der Waals surface area (Å²) in [6.45, 7) is 1.37. The number of imide groups is 1. The van der Waals surface area contributed by atoms with E-state index in [9.17, 15) is 23.2 Å². The van der Waals surface area contributed by atoms with E-state index in [2.05, 4.69) is 10.6 Å². The van der Waals surface area contributed by atoms with Crippen molar-refractivity contribution in [1.82, 2.24) is 0 Å². The Labute approximate surface area is 179 Å². The van der Waals surface area contributed by atoms with Gasteiger partial charge in [0.2, 0.25) is 5.91 Å². The predicted octanol–water partition coefficient (Wildman–Crippen LogP) is 4.38. The van der Waals surface area contributed by atoms with E-state index in [4.69, 9.17) is 0 Å². The lowest BCUT2D eigenvalue weighted by molar-refractivity contribution is -0.120. The Bertz CT molecular complexity index is 1220. The number of anilines is 3. The molecule has 156 valence electrons. The average molecular weight is 439 g/mol. The van der Waals surface area contributed by atoms with Crippen LogP contribution in [0.5, 0.6) is 0 Å². The van der Waals surface area contributed by atoms with Crippen LogP contribution in [0.4, 0.5) is 25.8 Å². The average Bonchev–Trinajstić information content (AvgIpc) is 3.32. The second-order valence-corrected chi connectivity index (χ2v) is 7.60. The molecule has 0 bridgehead atoms. The maximum atomic E-state index is 13.6. The molecule has 3 aromatic rings. The Hall–Kier alpha value is -3.85. The molecule has 1 aliphatic rings. The fourth-order valence-corrected chi connectivity index (χ4v) is 3.91. The minimum atomic E-state index is -1.08. The number of nitrogens with zero attached hydrogens (tertiary/aromatic N) is 1. The largest absolute Gasteiger partial charge is 0.350 e. The zero-order valence-corrected chi connectivity index (χ0v) is 16.9. The van der Waals surface area contributed by atoms with E-state index >= 15 is 0 Å². The summed E-state index contributed by atoms with van der Waals surface area (Å²) in [5.41, 5.74) is 1.05. The van der Waals surface area contributed by atoms with Crippen LogP contribution in [-0.2, 0) is 14.4 Å². The van der Waals surface area contributed by atoms with Gasteiger partial charge in [-0.3, -0.25) is 14.4 Å². The maximum Gasteiger partial charge on any atom is 0.282 e. The third kappa shape index (κ3) is 3.95. The van der Waals surface area contributed by atoms with Crippen molar-refractivity contribution >= 4 is 51.7 Å². The van der Waals surface area contributed by atoms with Gasteiger partial charge < -0.3 is 10.6 Å². The highest BCUT2D eigenvalue weighted by Crippen LogP contribution is 2.36. The molecule has 1 aliphatic heterocycles. The number of amides is 3. The van der Waals surface area contributed by atoms with Crippen LogP contribution >= 0.6 is 11.3 Å². The molecule has 0 fully saturated rings. The van der Waals surface area contributed by atoms with E-state index in [1.165, 1.54) is 36.5 Å². The van der Waals surface area contributed by atoms with Gasteiger partial charge in [-0.25, -0.2) is 13.7 Å². The van der Waals surface area contributed by atoms with Crippen LogP contribution in [0.3, 0.4) is 0 Å². The number of benzene rings is 2. The minimum Gasteiger partial charge on any atom is -0.350 e. The summed E-state index contributed by atoms with van der Waals surface area (Å²) in [5, 5.41) is 7.15. The molecule has 4 rings (SSSR count). The molecule has 2 heterocycles. The number of carbonyl (C=O) groups is 3. The first-order valence-corrected chi connectivity index (χ1v) is 10.00. The normalized spacial score (nSPS) is 13.7. The number of thiophene rings is 1. The van der Waals surface area contributed by atoms with E-state index < -0.39 is 23.4 Å². The van der Waals surface area contributed by atoms with Crippen molar-refractivity contribution in [2.24, 2.45) is 0 Å². The van der Waals surface area contributed by atoms with Gasteiger partial charge in [0.1, 0.15) is 5.70 Å². The van der Waals surface area contributed by atoms with Gasteiger partial charge in [-0.15, -0.1) is 11.3 Å². The zero-order valence-electron chi connectivity index (χ0n) is 16.1. The van der Waals surface area contributed by atoms with Crippen LogP contribution in [0.1, 0.15) is 11.8 Å². The van der Waals surface area contributed by atoms with E-state index in [-0.39, 0.29) is 22.9 Å². The summed E-state index contributed by atoms with van der Waals surface area (Å²) in [6, 6.07) is 12.8. The molecule has 3 amide bonds. The third-order valence-electron chi connectivity index (χ3n) is 4.49. The molecule has 2 aromatic carbocycles. The summed E-state index contributed by atoms with van der Waals surface area (Å²) in [6.07, 6.45) is 0. The van der Waals surface area contributed by atoms with E-state index in [1.807, 2.05) is 0 Å². The lowest BCUT2D eigenvalue weighted by Gasteiger charge is -2.16. The Morgan fingerprint density at radius 3 is 2.26 bits per heavy atom. The summed E-state index contributed by atoms with van der Waals surface area (Å²) in [7, 11) is 0. The number of rotatable bonds is 5. The van der Waals surface area contributed by atoms with Crippen LogP contribution in [0, 0.1) is 11.6 Å². The fraction of sp³-hybridized carbons (Fsp3) is 0.0455. The molecule has 0 saturated heterocycles. The maximum absolute atomic E-state index is 13.6. The highest BCUT2D eigenvalue weighted by atomic mass is 32.1. The van der Waals surface area contributed by atoms with Gasteiger partial charge >= 0.3 is 0 Å². The van der Waals surface area contributed by atoms with E-state index in [0.29, 0.717) is 16.3 Å². The molecule has 0 radical (unpaired) electrons. The summed E-state index contributed by atoms with van der Waals surface area (Å²) in [4.78, 5) is 39.2. The van der Waals surface area contributed by atoms with E-state index in [0.717, 1.165) is 17.0 Å². The first kappa shape index (κ1) is 20.4. The van der Waals surface area contributed by atoms with Gasteiger partial charge in [-0.05, 0) is 47.8 Å². The van der Waals surface area contributed by atoms with Crippen molar-refractivity contribution in [2.75, 3.05) is 15.5 Å². The highest BCUT2D eigenvalue weighted by molar-refractivity contribution is 7.11. The van der Waals surface area contributed by atoms with Crippen LogP contribution in [-0.4, -0.2) is 17.7 Å². The fourth-order valence-electron chi connectivity index (χ4n) is 3.14. The second-order valence-electron chi connectivity index (χ2n) is 6.65. The number of nitrogens with one attached hydrogen (secondary N) is 2. The summed E-state index contributed by atoms with van der Waals surface area (Å²) in [5.74, 6) is -3.53. The molecule has 1 aromatic heterocycles. The minimum absolute atomic E-state index is 0.0376. The quantitative estimate of drug-likeness (QED) is 0.579. The van der Waals surface area contributed by atoms with Crippen molar-refractivity contribution in [3.63, 3.8) is 0 Å². The first-order valence-electron chi connectivity index (χ1n) is 9.12. The van der Waals surface area contributed by atoms with Gasteiger partial charge in [0.15, 0.2) is 11.6 Å². The highest BCUT2D eigenvalue weighted by Gasteiger charge is 2.40. The Morgan fingerprint density at radius 2 is 1.65 bits per heavy atom. The lowest BCUT2D eigenvalue weighted by atomic mass is 10.2. The predicted molar refractivity (Wildman–Crippen MR) is 114 cm³/mol. The molecular weight excluding hydrogens is 424 g/mol. The smallest absolute Gasteiger partial charge is 0.282 e.